The number of benzene rings is 2. The predicted molar refractivity (Wildman–Crippen MR) is 199 cm³/mol. The van der Waals surface area contributed by atoms with Crippen molar-refractivity contribution in [3.63, 3.8) is 0 Å². The van der Waals surface area contributed by atoms with Gasteiger partial charge in [0.2, 0.25) is 21.7 Å². The maximum Gasteiger partial charge on any atom is 0.243 e. The van der Waals surface area contributed by atoms with E-state index in [-0.39, 0.29) is 67.1 Å². The van der Waals surface area contributed by atoms with Crippen molar-refractivity contribution in [1.82, 2.24) is 4.31 Å². The van der Waals surface area contributed by atoms with Gasteiger partial charge in [-0.15, -0.1) is 6.58 Å². The minimum Gasteiger partial charge on any atom is -0.508 e. The molecule has 3 aliphatic rings. The van der Waals surface area contributed by atoms with Crippen LogP contribution in [0, 0.1) is 17.8 Å². The number of anilines is 1. The van der Waals surface area contributed by atoms with Crippen LogP contribution in [0.3, 0.4) is 0 Å². The van der Waals surface area contributed by atoms with Crippen LogP contribution in [-0.2, 0) is 24.4 Å². The van der Waals surface area contributed by atoms with E-state index in [9.17, 15) is 28.5 Å². The Labute approximate surface area is 307 Å². The first-order chi connectivity index (χ1) is 25.1. The summed E-state index contributed by atoms with van der Waals surface area (Å²) in [4.78, 5) is 17.2. The normalized spacial score (nSPS) is 25.8. The van der Waals surface area contributed by atoms with Crippen molar-refractivity contribution < 1.29 is 42.8 Å². The van der Waals surface area contributed by atoms with Gasteiger partial charge in [-0.3, -0.25) is 4.79 Å². The van der Waals surface area contributed by atoms with Crippen LogP contribution < -0.4 is 10.1 Å². The molecule has 0 bridgehead atoms. The number of nitrogens with one attached hydrogen (secondary N) is 1. The van der Waals surface area contributed by atoms with Gasteiger partial charge in [-0.25, -0.2) is 8.42 Å². The second-order valence-corrected chi connectivity index (χ2v) is 15.7. The number of amides is 1. The molecule has 1 saturated carbocycles. The molecule has 284 valence electrons. The molecule has 0 saturated heterocycles. The average Bonchev–Trinajstić information content (AvgIpc) is 3.12. The van der Waals surface area contributed by atoms with E-state index in [4.69, 9.17) is 14.3 Å². The molecule has 0 radical (unpaired) electrons. The van der Waals surface area contributed by atoms with E-state index < -0.39 is 27.8 Å². The lowest BCUT2D eigenvalue weighted by Crippen LogP contribution is -2.70. The molecule has 2 aromatic carbocycles. The number of fused-ring (bicyclic) bond motifs is 2. The number of oxime groups is 1. The first-order valence-corrected chi connectivity index (χ1v) is 19.7. The Bertz CT molecular complexity index is 1730. The predicted octanol–water partition coefficient (Wildman–Crippen LogP) is 5.71. The summed E-state index contributed by atoms with van der Waals surface area (Å²) in [5.41, 5.74) is 2.71. The fourth-order valence-corrected chi connectivity index (χ4v) is 10.2. The SMILES string of the molecule is C=CCO[C@@]12Oc3ccc(O)cc3[C@H]3[C@H](CCCCO)[C@@H](CCCCO)C=C(C(=NOC)C[C@@H]1N(CCC)S(=O)(=O)c1ccc(NC(C)=O)cc1)[C@H]32. The van der Waals surface area contributed by atoms with E-state index in [0.29, 0.717) is 36.4 Å². The number of phenolic OH excluding ortho intramolecular Hbond substituents is 1. The van der Waals surface area contributed by atoms with E-state index in [1.807, 2.05) is 6.92 Å². The number of allylic oxidation sites excluding steroid dienone is 1. The van der Waals surface area contributed by atoms with Gasteiger partial charge in [0, 0.05) is 50.3 Å². The monoisotopic (exact) mass is 739 g/mol. The number of carbonyl (C=O) groups is 1. The van der Waals surface area contributed by atoms with Crippen LogP contribution in [0.5, 0.6) is 11.5 Å². The molecule has 12 nitrogen and oxygen atoms in total. The third-order valence-electron chi connectivity index (χ3n) is 10.4. The molecule has 0 spiro atoms. The summed E-state index contributed by atoms with van der Waals surface area (Å²) in [6.45, 7) is 7.58. The first-order valence-electron chi connectivity index (χ1n) is 18.3. The van der Waals surface area contributed by atoms with Crippen molar-refractivity contribution in [2.45, 2.75) is 87.9 Å². The summed E-state index contributed by atoms with van der Waals surface area (Å²) in [6, 6.07) is 10.2. The fourth-order valence-electron chi connectivity index (χ4n) is 8.46. The molecule has 1 fully saturated rings. The summed E-state index contributed by atoms with van der Waals surface area (Å²) in [5.74, 6) is -2.07. The number of aliphatic hydroxyl groups is 2. The molecule has 5 rings (SSSR count). The topological polar surface area (TPSA) is 167 Å². The fraction of sp³-hybridized carbons (Fsp3) is 0.538. The molecule has 0 aromatic heterocycles. The highest BCUT2D eigenvalue weighted by Gasteiger charge is 2.66. The largest absolute Gasteiger partial charge is 0.508 e. The molecule has 52 heavy (non-hydrogen) atoms. The molecule has 6 atom stereocenters. The minimum absolute atomic E-state index is 0.00440. The van der Waals surface area contributed by atoms with E-state index in [0.717, 1.165) is 36.8 Å². The Morgan fingerprint density at radius 1 is 1.12 bits per heavy atom. The van der Waals surface area contributed by atoms with Gasteiger partial charge < -0.3 is 34.9 Å². The van der Waals surface area contributed by atoms with Crippen LogP contribution in [0.25, 0.3) is 0 Å². The first kappa shape index (κ1) is 39.5. The molecular weight excluding hydrogens is 687 g/mol. The Morgan fingerprint density at radius 2 is 1.83 bits per heavy atom. The number of hydrogen-bond acceptors (Lipinski definition) is 10. The van der Waals surface area contributed by atoms with Gasteiger partial charge in [0.15, 0.2) is 0 Å². The molecule has 2 aliphatic carbocycles. The van der Waals surface area contributed by atoms with Crippen molar-refractivity contribution in [3.8, 4) is 11.5 Å². The number of ether oxygens (including phenoxy) is 2. The zero-order valence-electron chi connectivity index (χ0n) is 30.4. The van der Waals surface area contributed by atoms with Crippen LogP contribution in [0.4, 0.5) is 5.69 Å². The minimum atomic E-state index is -4.20. The van der Waals surface area contributed by atoms with Crippen molar-refractivity contribution in [2.75, 3.05) is 38.8 Å². The lowest BCUT2D eigenvalue weighted by molar-refractivity contribution is -0.251. The van der Waals surface area contributed by atoms with Crippen LogP contribution in [0.2, 0.25) is 0 Å². The second-order valence-electron chi connectivity index (χ2n) is 13.8. The lowest BCUT2D eigenvalue weighted by atomic mass is 9.55. The summed E-state index contributed by atoms with van der Waals surface area (Å²) >= 11 is 0. The molecule has 1 heterocycles. The van der Waals surface area contributed by atoms with Gasteiger partial charge in [0.25, 0.3) is 0 Å². The summed E-state index contributed by atoms with van der Waals surface area (Å²) in [6.07, 6.45) is 8.83. The van der Waals surface area contributed by atoms with Gasteiger partial charge in [0.1, 0.15) is 18.6 Å². The summed E-state index contributed by atoms with van der Waals surface area (Å²) in [7, 11) is -2.73. The molecule has 1 amide bonds. The molecule has 2 aromatic rings. The molecule has 13 heteroatoms. The molecule has 4 N–H and O–H groups in total. The number of aromatic hydroxyl groups is 1. The van der Waals surface area contributed by atoms with Crippen molar-refractivity contribution in [2.24, 2.45) is 22.9 Å². The van der Waals surface area contributed by atoms with Crippen molar-refractivity contribution in [1.29, 1.82) is 0 Å². The highest BCUT2D eigenvalue weighted by atomic mass is 32.2. The number of nitrogens with zero attached hydrogens (tertiary/aromatic N) is 2. The highest BCUT2D eigenvalue weighted by molar-refractivity contribution is 7.89. The van der Waals surface area contributed by atoms with Gasteiger partial charge in [-0.1, -0.05) is 37.1 Å². The number of sulfonamides is 1. The Morgan fingerprint density at radius 3 is 2.46 bits per heavy atom. The quantitative estimate of drug-likeness (QED) is 0.0850. The number of rotatable bonds is 18. The van der Waals surface area contributed by atoms with Crippen molar-refractivity contribution in [3.05, 3.63) is 72.3 Å². The smallest absolute Gasteiger partial charge is 0.243 e. The van der Waals surface area contributed by atoms with E-state index in [1.54, 1.807) is 36.4 Å². The van der Waals surface area contributed by atoms with Gasteiger partial charge >= 0.3 is 0 Å². The van der Waals surface area contributed by atoms with Crippen molar-refractivity contribution >= 4 is 27.3 Å². The average molecular weight is 740 g/mol. The maximum absolute atomic E-state index is 14.8. The second kappa shape index (κ2) is 17.4. The Balaban J connectivity index is 1.76. The Kier molecular flexibility index (Phi) is 13.2. The lowest BCUT2D eigenvalue weighted by Gasteiger charge is -2.59. The van der Waals surface area contributed by atoms with E-state index >= 15 is 0 Å². The van der Waals surface area contributed by atoms with Crippen LogP contribution in [0.1, 0.15) is 76.7 Å². The van der Waals surface area contributed by atoms with Gasteiger partial charge in [-0.2, -0.15) is 4.31 Å². The molecule has 0 unspecified atom stereocenters. The number of carbonyl (C=O) groups excluding carboxylic acids is 1. The standard InChI is InChI=1S/C39H53N3O9S/c1-5-19-42(52(47,48)30-16-13-28(14-17-30)40-26(3)45)36-25-34(41-49-4)32-23-27(11-7-9-20-43)31(12-8-10-21-44)37-33-24-29(46)15-18-35(33)51-39(36,38(32)37)50-22-6-2/h6,13-18,23-24,27,31,36-38,43-44,46H,2,5,7-12,19-22,25H2,1,3-4H3,(H,40,45)/t27-,31+,36-,37+,38+,39+/m0/s1. The summed E-state index contributed by atoms with van der Waals surface area (Å²) in [5, 5.41) is 37.5. The van der Waals surface area contributed by atoms with Crippen LogP contribution >= 0.6 is 0 Å². The molecular formula is C39H53N3O9S. The maximum atomic E-state index is 14.8. The summed E-state index contributed by atoms with van der Waals surface area (Å²) < 4.78 is 45.0. The van der Waals surface area contributed by atoms with Gasteiger partial charge in [0.05, 0.1) is 29.2 Å². The van der Waals surface area contributed by atoms with Gasteiger partial charge in [-0.05, 0) is 92.0 Å². The van der Waals surface area contributed by atoms with Crippen LogP contribution in [0.15, 0.2) is 76.8 Å². The van der Waals surface area contributed by atoms with E-state index in [1.165, 1.54) is 30.5 Å². The van der Waals surface area contributed by atoms with E-state index in [2.05, 4.69) is 23.1 Å². The number of phenols is 1. The highest BCUT2D eigenvalue weighted by Crippen LogP contribution is 2.62. The Hall–Kier alpha value is -3.75. The third-order valence-corrected chi connectivity index (χ3v) is 12.4. The third kappa shape index (κ3) is 7.93. The van der Waals surface area contributed by atoms with Crippen LogP contribution in [-0.4, -0.2) is 85.0 Å². The zero-order valence-corrected chi connectivity index (χ0v) is 31.2. The zero-order chi connectivity index (χ0) is 37.5. The number of aliphatic hydroxyl groups excluding tert-OH is 2. The number of hydrogen-bond donors (Lipinski definition) is 4. The number of unbranched alkanes of at least 4 members (excludes halogenated alkanes) is 2. The molecule has 1 aliphatic heterocycles.